The molecular formula is C9H16O5. The van der Waals surface area contributed by atoms with Crippen LogP contribution in [0.5, 0.6) is 0 Å². The lowest BCUT2D eigenvalue weighted by Gasteiger charge is -2.14. The Morgan fingerprint density at radius 2 is 1.64 bits per heavy atom. The van der Waals surface area contributed by atoms with Gasteiger partial charge in [0.15, 0.2) is 5.78 Å². The molecule has 0 saturated carbocycles. The van der Waals surface area contributed by atoms with E-state index in [1.54, 1.807) is 13.8 Å². The van der Waals surface area contributed by atoms with Crippen LogP contribution in [0.25, 0.3) is 0 Å². The molecule has 0 aliphatic heterocycles. The molecular weight excluding hydrogens is 188 g/mol. The summed E-state index contributed by atoms with van der Waals surface area (Å²) in [5.41, 5.74) is 0. The molecule has 0 amide bonds. The van der Waals surface area contributed by atoms with E-state index in [2.05, 4.69) is 4.74 Å². The summed E-state index contributed by atoms with van der Waals surface area (Å²) in [6, 6.07) is 0. The number of rotatable bonds is 7. The van der Waals surface area contributed by atoms with Gasteiger partial charge in [-0.25, -0.2) is 0 Å². The number of esters is 1. The predicted molar refractivity (Wildman–Crippen MR) is 48.7 cm³/mol. The molecule has 5 heteroatoms. The molecule has 0 atom stereocenters. The number of carbonyl (C=O) groups excluding carboxylic acids is 2. The molecule has 0 aromatic carbocycles. The van der Waals surface area contributed by atoms with Crippen LogP contribution in [0.15, 0.2) is 0 Å². The molecule has 0 aliphatic carbocycles. The Morgan fingerprint density at radius 3 is 2.00 bits per heavy atom. The summed E-state index contributed by atoms with van der Waals surface area (Å²) in [6.45, 7) is 4.21. The van der Waals surface area contributed by atoms with Crippen molar-refractivity contribution in [3.8, 4) is 0 Å². The van der Waals surface area contributed by atoms with Crippen LogP contribution in [0.3, 0.4) is 0 Å². The monoisotopic (exact) mass is 204 g/mol. The zero-order valence-electron chi connectivity index (χ0n) is 8.74. The molecule has 0 aliphatic rings. The number of ether oxygens (including phenoxy) is 3. The van der Waals surface area contributed by atoms with Gasteiger partial charge in [-0.1, -0.05) is 0 Å². The molecule has 5 nitrogen and oxygen atoms in total. The second-order valence-corrected chi connectivity index (χ2v) is 2.46. The van der Waals surface area contributed by atoms with Crippen LogP contribution in [0.1, 0.15) is 20.3 Å². The van der Waals surface area contributed by atoms with Gasteiger partial charge in [-0.05, 0) is 13.8 Å². The van der Waals surface area contributed by atoms with E-state index in [9.17, 15) is 9.59 Å². The number of carbonyl (C=O) groups is 2. The van der Waals surface area contributed by atoms with E-state index in [0.29, 0.717) is 13.2 Å². The molecule has 0 heterocycles. The minimum Gasteiger partial charge on any atom is -0.469 e. The Hall–Kier alpha value is -0.940. The Kier molecular flexibility index (Phi) is 6.96. The molecule has 0 saturated heterocycles. The van der Waals surface area contributed by atoms with Gasteiger partial charge >= 0.3 is 5.97 Å². The molecule has 0 spiro atoms. The van der Waals surface area contributed by atoms with Gasteiger partial charge in [0.25, 0.3) is 0 Å². The standard InChI is InChI=1S/C9H16O5/c1-4-13-9(14-5-2)7(10)6-8(11)12-3/h9H,4-6H2,1-3H3. The van der Waals surface area contributed by atoms with E-state index in [4.69, 9.17) is 9.47 Å². The van der Waals surface area contributed by atoms with Crippen molar-refractivity contribution in [2.45, 2.75) is 26.6 Å². The van der Waals surface area contributed by atoms with Gasteiger partial charge in [0.2, 0.25) is 6.29 Å². The molecule has 0 aromatic heterocycles. The third kappa shape index (κ3) is 4.94. The molecule has 0 fully saturated rings. The Balaban J connectivity index is 4.06. The van der Waals surface area contributed by atoms with Crippen LogP contribution < -0.4 is 0 Å². The van der Waals surface area contributed by atoms with Crippen molar-refractivity contribution in [3.05, 3.63) is 0 Å². The normalized spacial score (nSPS) is 10.3. The van der Waals surface area contributed by atoms with E-state index < -0.39 is 18.0 Å². The van der Waals surface area contributed by atoms with Crippen LogP contribution in [-0.2, 0) is 23.8 Å². The number of Topliss-reactive ketones (excluding diaryl/α,β-unsaturated/α-hetero) is 1. The summed E-state index contributed by atoms with van der Waals surface area (Å²) >= 11 is 0. The van der Waals surface area contributed by atoms with Crippen molar-refractivity contribution in [3.63, 3.8) is 0 Å². The van der Waals surface area contributed by atoms with Gasteiger partial charge in [-0.15, -0.1) is 0 Å². The zero-order valence-corrected chi connectivity index (χ0v) is 8.74. The minimum atomic E-state index is -0.955. The van der Waals surface area contributed by atoms with Crippen molar-refractivity contribution < 1.29 is 23.8 Å². The second kappa shape index (κ2) is 7.46. The lowest BCUT2D eigenvalue weighted by molar-refractivity contribution is -0.171. The molecule has 0 radical (unpaired) electrons. The molecule has 0 unspecified atom stereocenters. The quantitative estimate of drug-likeness (QED) is 0.343. The highest BCUT2D eigenvalue weighted by atomic mass is 16.7. The predicted octanol–water partition coefficient (Wildman–Crippen LogP) is 0.518. The second-order valence-electron chi connectivity index (χ2n) is 2.46. The fraction of sp³-hybridized carbons (Fsp3) is 0.778. The minimum absolute atomic E-state index is 0.318. The highest BCUT2D eigenvalue weighted by Crippen LogP contribution is 2.01. The van der Waals surface area contributed by atoms with Crippen LogP contribution in [0.4, 0.5) is 0 Å². The van der Waals surface area contributed by atoms with Gasteiger partial charge < -0.3 is 14.2 Å². The topological polar surface area (TPSA) is 61.8 Å². The van der Waals surface area contributed by atoms with Crippen molar-refractivity contribution in [2.75, 3.05) is 20.3 Å². The van der Waals surface area contributed by atoms with Crippen LogP contribution in [0.2, 0.25) is 0 Å². The maximum atomic E-state index is 11.3. The third-order valence-electron chi connectivity index (χ3n) is 1.45. The first-order valence-electron chi connectivity index (χ1n) is 4.48. The van der Waals surface area contributed by atoms with Crippen molar-refractivity contribution in [2.24, 2.45) is 0 Å². The van der Waals surface area contributed by atoms with E-state index in [-0.39, 0.29) is 6.42 Å². The van der Waals surface area contributed by atoms with Crippen molar-refractivity contribution >= 4 is 11.8 Å². The summed E-state index contributed by atoms with van der Waals surface area (Å²) in [7, 11) is 1.23. The van der Waals surface area contributed by atoms with Crippen LogP contribution >= 0.6 is 0 Å². The Labute approximate surface area is 83.3 Å². The van der Waals surface area contributed by atoms with Gasteiger partial charge in [0, 0.05) is 13.2 Å². The first-order chi connectivity index (χ1) is 6.65. The largest absolute Gasteiger partial charge is 0.469 e. The van der Waals surface area contributed by atoms with Crippen molar-refractivity contribution in [1.82, 2.24) is 0 Å². The molecule has 0 bridgehead atoms. The first kappa shape index (κ1) is 13.1. The number of hydrogen-bond donors (Lipinski definition) is 0. The summed E-state index contributed by atoms with van der Waals surface area (Å²) in [4.78, 5) is 22.1. The lowest BCUT2D eigenvalue weighted by Crippen LogP contribution is -2.29. The van der Waals surface area contributed by atoms with E-state index in [1.807, 2.05) is 0 Å². The molecule has 14 heavy (non-hydrogen) atoms. The smallest absolute Gasteiger partial charge is 0.313 e. The fourth-order valence-corrected chi connectivity index (χ4v) is 0.835. The van der Waals surface area contributed by atoms with Gasteiger partial charge in [0.05, 0.1) is 7.11 Å². The van der Waals surface area contributed by atoms with E-state index in [0.717, 1.165) is 0 Å². The lowest BCUT2D eigenvalue weighted by atomic mass is 10.3. The van der Waals surface area contributed by atoms with Gasteiger partial charge in [-0.3, -0.25) is 9.59 Å². The third-order valence-corrected chi connectivity index (χ3v) is 1.45. The number of methoxy groups -OCH3 is 1. The van der Waals surface area contributed by atoms with Crippen molar-refractivity contribution in [1.29, 1.82) is 0 Å². The fourth-order valence-electron chi connectivity index (χ4n) is 0.835. The zero-order chi connectivity index (χ0) is 11.0. The van der Waals surface area contributed by atoms with Crippen LogP contribution in [0, 0.1) is 0 Å². The molecule has 0 N–H and O–H groups in total. The maximum absolute atomic E-state index is 11.3. The Morgan fingerprint density at radius 1 is 1.14 bits per heavy atom. The first-order valence-corrected chi connectivity index (χ1v) is 4.48. The number of hydrogen-bond acceptors (Lipinski definition) is 5. The SMILES string of the molecule is CCOC(OCC)C(=O)CC(=O)OC. The Bertz CT molecular complexity index is 184. The van der Waals surface area contributed by atoms with Crippen LogP contribution in [-0.4, -0.2) is 38.4 Å². The van der Waals surface area contributed by atoms with E-state index in [1.165, 1.54) is 7.11 Å². The summed E-state index contributed by atoms with van der Waals surface area (Å²) in [5, 5.41) is 0. The molecule has 82 valence electrons. The highest BCUT2D eigenvalue weighted by molar-refractivity contribution is 5.97. The van der Waals surface area contributed by atoms with E-state index >= 15 is 0 Å². The molecule has 0 rings (SSSR count). The average Bonchev–Trinajstić information content (AvgIpc) is 2.17. The average molecular weight is 204 g/mol. The number of ketones is 1. The maximum Gasteiger partial charge on any atom is 0.313 e. The highest BCUT2D eigenvalue weighted by Gasteiger charge is 2.21. The van der Waals surface area contributed by atoms with Gasteiger partial charge in [-0.2, -0.15) is 0 Å². The summed E-state index contributed by atoms with van der Waals surface area (Å²) in [6.07, 6.45) is -1.27. The van der Waals surface area contributed by atoms with Gasteiger partial charge in [0.1, 0.15) is 6.42 Å². The summed E-state index contributed by atoms with van der Waals surface area (Å²) < 4.78 is 14.4. The molecule has 0 aromatic rings. The summed E-state index contributed by atoms with van der Waals surface area (Å²) in [5.74, 6) is -1.00.